The predicted octanol–water partition coefficient (Wildman–Crippen LogP) is 3.73. The summed E-state index contributed by atoms with van der Waals surface area (Å²) in [5.74, 6) is 0.746. The molecule has 0 bridgehead atoms. The number of hydrogen-bond acceptors (Lipinski definition) is 3. The van der Waals surface area contributed by atoms with Crippen molar-refractivity contribution in [2.75, 3.05) is 0 Å². The van der Waals surface area contributed by atoms with Gasteiger partial charge in [0.15, 0.2) is 5.82 Å². The van der Waals surface area contributed by atoms with Crippen molar-refractivity contribution in [3.63, 3.8) is 0 Å². The van der Waals surface area contributed by atoms with Gasteiger partial charge < -0.3 is 14.5 Å². The lowest BCUT2D eigenvalue weighted by molar-refractivity contribution is 0.0937. The van der Waals surface area contributed by atoms with Crippen LogP contribution in [-0.2, 0) is 6.54 Å². The van der Waals surface area contributed by atoms with Gasteiger partial charge >= 0.3 is 0 Å². The van der Waals surface area contributed by atoms with Gasteiger partial charge in [0, 0.05) is 30.5 Å². The fraction of sp³-hybridized carbons (Fsp3) is 0.381. The standard InChI is InChI=1S/C21H25N5O/c1-16(20-24-22-15-26(20)19-6-2-3-7-19)23-21(27)18-10-8-17(9-11-18)14-25-12-4-5-13-25/h4-5,8-13,15-16,19H,2-3,6-7,14H2,1H3,(H,23,27)/t16-/m0/s1. The molecule has 1 aliphatic rings. The smallest absolute Gasteiger partial charge is 0.251 e. The molecule has 2 aromatic heterocycles. The van der Waals surface area contributed by atoms with E-state index in [0.29, 0.717) is 11.6 Å². The molecular weight excluding hydrogens is 338 g/mol. The Labute approximate surface area is 159 Å². The second-order valence-electron chi connectivity index (χ2n) is 7.28. The quantitative estimate of drug-likeness (QED) is 0.726. The summed E-state index contributed by atoms with van der Waals surface area (Å²) in [6.07, 6.45) is 10.7. The van der Waals surface area contributed by atoms with Crippen LogP contribution in [0.3, 0.4) is 0 Å². The Hall–Kier alpha value is -2.89. The Morgan fingerprint density at radius 3 is 2.59 bits per heavy atom. The molecule has 1 aromatic carbocycles. The monoisotopic (exact) mass is 363 g/mol. The molecule has 0 spiro atoms. The molecular formula is C21H25N5O. The fourth-order valence-corrected chi connectivity index (χ4v) is 3.82. The second kappa shape index (κ2) is 7.78. The maximum atomic E-state index is 12.6. The number of carbonyl (C=O) groups excluding carboxylic acids is 1. The number of amides is 1. The van der Waals surface area contributed by atoms with E-state index in [-0.39, 0.29) is 11.9 Å². The molecule has 140 valence electrons. The molecule has 27 heavy (non-hydrogen) atoms. The summed E-state index contributed by atoms with van der Waals surface area (Å²) < 4.78 is 4.24. The zero-order valence-corrected chi connectivity index (χ0v) is 15.6. The third kappa shape index (κ3) is 3.94. The fourth-order valence-electron chi connectivity index (χ4n) is 3.82. The third-order valence-electron chi connectivity index (χ3n) is 5.30. The molecule has 4 rings (SSSR count). The van der Waals surface area contributed by atoms with Crippen LogP contribution in [0, 0.1) is 0 Å². The Kier molecular flexibility index (Phi) is 5.05. The Morgan fingerprint density at radius 1 is 1.19 bits per heavy atom. The van der Waals surface area contributed by atoms with E-state index in [0.717, 1.165) is 30.8 Å². The first-order chi connectivity index (χ1) is 13.2. The molecule has 6 nitrogen and oxygen atoms in total. The van der Waals surface area contributed by atoms with Crippen molar-refractivity contribution in [2.45, 2.75) is 51.2 Å². The van der Waals surface area contributed by atoms with E-state index < -0.39 is 0 Å². The van der Waals surface area contributed by atoms with E-state index >= 15 is 0 Å². The van der Waals surface area contributed by atoms with Crippen LogP contribution in [0.15, 0.2) is 55.1 Å². The minimum Gasteiger partial charge on any atom is -0.350 e. The highest BCUT2D eigenvalue weighted by Crippen LogP contribution is 2.31. The minimum atomic E-state index is -0.180. The highest BCUT2D eigenvalue weighted by Gasteiger charge is 2.23. The number of nitrogens with one attached hydrogen (secondary N) is 1. The van der Waals surface area contributed by atoms with E-state index in [9.17, 15) is 4.79 Å². The molecule has 0 unspecified atom stereocenters. The zero-order valence-electron chi connectivity index (χ0n) is 15.6. The first kappa shape index (κ1) is 17.5. The number of aromatic nitrogens is 4. The van der Waals surface area contributed by atoms with Crippen LogP contribution in [0.4, 0.5) is 0 Å². The van der Waals surface area contributed by atoms with Crippen LogP contribution in [0.1, 0.15) is 66.4 Å². The van der Waals surface area contributed by atoms with Gasteiger partial charge in [0.1, 0.15) is 6.33 Å². The van der Waals surface area contributed by atoms with Gasteiger partial charge in [-0.1, -0.05) is 25.0 Å². The molecule has 1 N–H and O–H groups in total. The lowest BCUT2D eigenvalue weighted by Crippen LogP contribution is -2.29. The molecule has 0 aliphatic heterocycles. The predicted molar refractivity (Wildman–Crippen MR) is 103 cm³/mol. The summed E-state index contributed by atoms with van der Waals surface area (Å²) in [6.45, 7) is 2.77. The van der Waals surface area contributed by atoms with Crippen LogP contribution < -0.4 is 5.32 Å². The summed E-state index contributed by atoms with van der Waals surface area (Å²) in [4.78, 5) is 12.6. The van der Waals surface area contributed by atoms with Crippen LogP contribution in [0.25, 0.3) is 0 Å². The van der Waals surface area contributed by atoms with Crippen LogP contribution in [0.2, 0.25) is 0 Å². The van der Waals surface area contributed by atoms with Gasteiger partial charge in [-0.2, -0.15) is 0 Å². The highest BCUT2D eigenvalue weighted by atomic mass is 16.1. The van der Waals surface area contributed by atoms with Crippen LogP contribution in [0.5, 0.6) is 0 Å². The molecule has 1 atom stereocenters. The van der Waals surface area contributed by atoms with Gasteiger partial charge in [0.2, 0.25) is 0 Å². The maximum Gasteiger partial charge on any atom is 0.251 e. The molecule has 6 heteroatoms. The molecule has 0 saturated heterocycles. The molecule has 1 amide bonds. The normalized spacial score (nSPS) is 15.7. The van der Waals surface area contributed by atoms with Crippen molar-refractivity contribution in [1.82, 2.24) is 24.6 Å². The van der Waals surface area contributed by atoms with E-state index in [2.05, 4.69) is 24.6 Å². The molecule has 0 radical (unpaired) electrons. The van der Waals surface area contributed by atoms with Crippen molar-refractivity contribution in [3.8, 4) is 0 Å². The van der Waals surface area contributed by atoms with E-state index in [1.54, 1.807) is 6.33 Å². The van der Waals surface area contributed by atoms with Gasteiger partial charge in [0.05, 0.1) is 6.04 Å². The number of benzene rings is 1. The summed E-state index contributed by atoms with van der Waals surface area (Å²) in [5.41, 5.74) is 1.82. The lowest BCUT2D eigenvalue weighted by atomic mass is 10.1. The van der Waals surface area contributed by atoms with Gasteiger partial charge in [0.25, 0.3) is 5.91 Å². The van der Waals surface area contributed by atoms with Gasteiger partial charge in [-0.15, -0.1) is 10.2 Å². The molecule has 1 fully saturated rings. The summed E-state index contributed by atoms with van der Waals surface area (Å²) in [7, 11) is 0. The lowest BCUT2D eigenvalue weighted by Gasteiger charge is -2.18. The Balaban J connectivity index is 1.40. The van der Waals surface area contributed by atoms with Crippen molar-refractivity contribution in [1.29, 1.82) is 0 Å². The topological polar surface area (TPSA) is 64.7 Å². The van der Waals surface area contributed by atoms with E-state index in [4.69, 9.17) is 0 Å². The second-order valence-corrected chi connectivity index (χ2v) is 7.28. The SMILES string of the molecule is C[C@H](NC(=O)c1ccc(Cn2cccc2)cc1)c1nncn1C1CCCC1. The molecule has 1 aliphatic carbocycles. The molecule has 1 saturated carbocycles. The van der Waals surface area contributed by atoms with Crippen LogP contribution in [-0.4, -0.2) is 25.2 Å². The van der Waals surface area contributed by atoms with Gasteiger partial charge in [-0.25, -0.2) is 0 Å². The van der Waals surface area contributed by atoms with Crippen molar-refractivity contribution in [2.24, 2.45) is 0 Å². The van der Waals surface area contributed by atoms with Crippen molar-refractivity contribution < 1.29 is 4.79 Å². The zero-order chi connectivity index (χ0) is 18.6. The summed E-state index contributed by atoms with van der Waals surface area (Å²) in [6, 6.07) is 12.1. The molecule has 3 aromatic rings. The first-order valence-electron chi connectivity index (χ1n) is 9.60. The largest absolute Gasteiger partial charge is 0.350 e. The van der Waals surface area contributed by atoms with E-state index in [1.165, 1.54) is 12.8 Å². The summed E-state index contributed by atoms with van der Waals surface area (Å²) in [5, 5.41) is 11.4. The van der Waals surface area contributed by atoms with Gasteiger partial charge in [-0.3, -0.25) is 4.79 Å². The van der Waals surface area contributed by atoms with Gasteiger partial charge in [-0.05, 0) is 49.6 Å². The average Bonchev–Trinajstić information content (AvgIpc) is 3.43. The highest BCUT2D eigenvalue weighted by molar-refractivity contribution is 5.94. The minimum absolute atomic E-state index is 0.0870. The van der Waals surface area contributed by atoms with E-state index in [1.807, 2.05) is 55.7 Å². The van der Waals surface area contributed by atoms with Crippen molar-refractivity contribution >= 4 is 5.91 Å². The van der Waals surface area contributed by atoms with Crippen molar-refractivity contribution in [3.05, 3.63) is 72.1 Å². The number of rotatable bonds is 6. The summed E-state index contributed by atoms with van der Waals surface area (Å²) >= 11 is 0. The number of carbonyl (C=O) groups is 1. The Morgan fingerprint density at radius 2 is 1.89 bits per heavy atom. The average molecular weight is 363 g/mol. The third-order valence-corrected chi connectivity index (χ3v) is 5.30. The number of hydrogen-bond donors (Lipinski definition) is 1. The number of nitrogens with zero attached hydrogens (tertiary/aromatic N) is 4. The maximum absolute atomic E-state index is 12.6. The molecule has 2 heterocycles. The first-order valence-corrected chi connectivity index (χ1v) is 9.60. The van der Waals surface area contributed by atoms with Crippen LogP contribution >= 0.6 is 0 Å². The Bertz CT molecular complexity index is 876.